The maximum Gasteiger partial charge on any atom is 0.170 e. The van der Waals surface area contributed by atoms with Crippen molar-refractivity contribution in [3.8, 4) is 5.75 Å². The molecule has 0 saturated carbocycles. The molecule has 1 heterocycles. The Hall–Kier alpha value is -1.87. The van der Waals surface area contributed by atoms with Gasteiger partial charge in [-0.2, -0.15) is 0 Å². The number of carbonyl (C=O) groups is 1. The van der Waals surface area contributed by atoms with Gasteiger partial charge in [0.25, 0.3) is 0 Å². The maximum absolute atomic E-state index is 13.3. The Kier molecular flexibility index (Phi) is 3.22. The third kappa shape index (κ3) is 2.29. The third-order valence-electron chi connectivity index (χ3n) is 3.45. The second-order valence-corrected chi connectivity index (χ2v) is 5.29. The van der Waals surface area contributed by atoms with Crippen molar-refractivity contribution >= 4 is 17.4 Å². The van der Waals surface area contributed by atoms with Crippen molar-refractivity contribution in [1.82, 2.24) is 0 Å². The standard InChI is InChI=1S/C16H12ClFO2/c1-9-2-3-10(6-13(9)17)15-8-14(19)12-5-4-11(18)7-16(12)20-15/h2-7,15H,8H2,1H3. The van der Waals surface area contributed by atoms with E-state index >= 15 is 0 Å². The van der Waals surface area contributed by atoms with Crippen molar-refractivity contribution in [3.05, 3.63) is 63.9 Å². The number of Topliss-reactive ketones (excluding diaryl/α,β-unsaturated/α-hetero) is 1. The number of carbonyl (C=O) groups excluding carboxylic acids is 1. The largest absolute Gasteiger partial charge is 0.484 e. The van der Waals surface area contributed by atoms with Gasteiger partial charge in [0.2, 0.25) is 0 Å². The van der Waals surface area contributed by atoms with Crippen LogP contribution in [0.15, 0.2) is 36.4 Å². The number of rotatable bonds is 1. The Morgan fingerprint density at radius 1 is 1.25 bits per heavy atom. The molecule has 0 amide bonds. The summed E-state index contributed by atoms with van der Waals surface area (Å²) in [6.07, 6.45) is -0.187. The highest BCUT2D eigenvalue weighted by molar-refractivity contribution is 6.31. The molecule has 1 aliphatic heterocycles. The van der Waals surface area contributed by atoms with Crippen molar-refractivity contribution in [2.45, 2.75) is 19.4 Å². The van der Waals surface area contributed by atoms with Crippen LogP contribution in [0.4, 0.5) is 4.39 Å². The van der Waals surface area contributed by atoms with E-state index in [1.807, 2.05) is 19.1 Å². The second-order valence-electron chi connectivity index (χ2n) is 4.88. The number of ketones is 1. The van der Waals surface area contributed by atoms with Gasteiger partial charge in [-0.25, -0.2) is 4.39 Å². The maximum atomic E-state index is 13.3. The minimum atomic E-state index is -0.421. The van der Waals surface area contributed by atoms with Gasteiger partial charge in [0.05, 0.1) is 12.0 Å². The van der Waals surface area contributed by atoms with Gasteiger partial charge in [-0.05, 0) is 36.2 Å². The summed E-state index contributed by atoms with van der Waals surface area (Å²) in [6.45, 7) is 1.91. The molecule has 0 bridgehead atoms. The molecule has 0 fully saturated rings. The fourth-order valence-corrected chi connectivity index (χ4v) is 2.48. The molecule has 2 aromatic rings. The molecule has 1 unspecified atom stereocenters. The van der Waals surface area contributed by atoms with Crippen molar-refractivity contribution in [2.24, 2.45) is 0 Å². The quantitative estimate of drug-likeness (QED) is 0.773. The summed E-state index contributed by atoms with van der Waals surface area (Å²) in [7, 11) is 0. The van der Waals surface area contributed by atoms with Crippen LogP contribution in [0.1, 0.15) is 34.0 Å². The predicted octanol–water partition coefficient (Wildman–Crippen LogP) is 4.49. The van der Waals surface area contributed by atoms with Crippen LogP contribution in [0.2, 0.25) is 5.02 Å². The molecule has 2 nitrogen and oxygen atoms in total. The molecule has 0 aromatic heterocycles. The number of fused-ring (bicyclic) bond motifs is 1. The van der Waals surface area contributed by atoms with E-state index in [1.54, 1.807) is 6.07 Å². The molecule has 0 saturated heterocycles. The van der Waals surface area contributed by atoms with E-state index in [9.17, 15) is 9.18 Å². The van der Waals surface area contributed by atoms with Crippen molar-refractivity contribution < 1.29 is 13.9 Å². The lowest BCUT2D eigenvalue weighted by Crippen LogP contribution is -2.20. The molecule has 4 heteroatoms. The zero-order valence-electron chi connectivity index (χ0n) is 10.8. The highest BCUT2D eigenvalue weighted by atomic mass is 35.5. The minimum Gasteiger partial charge on any atom is -0.484 e. The summed E-state index contributed by atoms with van der Waals surface area (Å²) >= 11 is 6.09. The summed E-state index contributed by atoms with van der Waals surface area (Å²) in [4.78, 5) is 12.1. The monoisotopic (exact) mass is 290 g/mol. The number of benzene rings is 2. The van der Waals surface area contributed by atoms with Gasteiger partial charge in [-0.1, -0.05) is 23.7 Å². The second kappa shape index (κ2) is 4.91. The van der Waals surface area contributed by atoms with Crippen LogP contribution < -0.4 is 4.74 Å². The van der Waals surface area contributed by atoms with Gasteiger partial charge >= 0.3 is 0 Å². The first-order valence-corrected chi connectivity index (χ1v) is 6.68. The smallest absolute Gasteiger partial charge is 0.170 e. The lowest BCUT2D eigenvalue weighted by molar-refractivity contribution is 0.0849. The lowest BCUT2D eigenvalue weighted by Gasteiger charge is -2.25. The Morgan fingerprint density at radius 2 is 2.05 bits per heavy atom. The zero-order valence-corrected chi connectivity index (χ0v) is 11.6. The van der Waals surface area contributed by atoms with Gasteiger partial charge in [0.15, 0.2) is 5.78 Å². The van der Waals surface area contributed by atoms with Crippen LogP contribution >= 0.6 is 11.6 Å². The van der Waals surface area contributed by atoms with E-state index in [0.29, 0.717) is 16.3 Å². The molecule has 2 aromatic carbocycles. The van der Waals surface area contributed by atoms with E-state index in [4.69, 9.17) is 16.3 Å². The highest BCUT2D eigenvalue weighted by Crippen LogP contribution is 2.36. The zero-order chi connectivity index (χ0) is 14.3. The number of hydrogen-bond donors (Lipinski definition) is 0. The number of ether oxygens (including phenoxy) is 1. The summed E-state index contributed by atoms with van der Waals surface area (Å²) in [6, 6.07) is 9.53. The molecular formula is C16H12ClFO2. The molecule has 1 atom stereocenters. The fraction of sp³-hybridized carbons (Fsp3) is 0.188. The molecule has 3 rings (SSSR count). The van der Waals surface area contributed by atoms with E-state index in [1.165, 1.54) is 18.2 Å². The number of hydrogen-bond acceptors (Lipinski definition) is 2. The normalized spacial score (nSPS) is 17.6. The van der Waals surface area contributed by atoms with Gasteiger partial charge in [0, 0.05) is 11.1 Å². The molecular weight excluding hydrogens is 279 g/mol. The molecule has 102 valence electrons. The Bertz CT molecular complexity index is 697. The summed E-state index contributed by atoms with van der Waals surface area (Å²) in [5.41, 5.74) is 2.22. The van der Waals surface area contributed by atoms with Crippen LogP contribution in [0.3, 0.4) is 0 Å². The van der Waals surface area contributed by atoms with Gasteiger partial charge in [-0.3, -0.25) is 4.79 Å². The van der Waals surface area contributed by atoms with Gasteiger partial charge in [0.1, 0.15) is 17.7 Å². The average molecular weight is 291 g/mol. The van der Waals surface area contributed by atoms with Crippen LogP contribution in [0.25, 0.3) is 0 Å². The average Bonchev–Trinajstić information content (AvgIpc) is 2.41. The topological polar surface area (TPSA) is 26.3 Å². The Morgan fingerprint density at radius 3 is 2.80 bits per heavy atom. The minimum absolute atomic E-state index is 0.0482. The highest BCUT2D eigenvalue weighted by Gasteiger charge is 2.28. The number of halogens is 2. The van der Waals surface area contributed by atoms with E-state index in [0.717, 1.165) is 11.1 Å². The molecule has 0 N–H and O–H groups in total. The van der Waals surface area contributed by atoms with Crippen LogP contribution in [0, 0.1) is 12.7 Å². The molecule has 0 radical (unpaired) electrons. The van der Waals surface area contributed by atoms with Gasteiger partial charge < -0.3 is 4.74 Å². The SMILES string of the molecule is Cc1ccc(C2CC(=O)c3ccc(F)cc3O2)cc1Cl. The summed E-state index contributed by atoms with van der Waals surface area (Å²) < 4.78 is 19.0. The van der Waals surface area contributed by atoms with Crippen molar-refractivity contribution in [3.63, 3.8) is 0 Å². The summed E-state index contributed by atoms with van der Waals surface area (Å²) in [5, 5.41) is 0.628. The Labute approximate surface area is 121 Å². The third-order valence-corrected chi connectivity index (χ3v) is 3.86. The molecule has 0 spiro atoms. The predicted molar refractivity (Wildman–Crippen MR) is 74.9 cm³/mol. The van der Waals surface area contributed by atoms with Crippen LogP contribution in [-0.2, 0) is 0 Å². The lowest BCUT2D eigenvalue weighted by atomic mass is 9.96. The summed E-state index contributed by atoms with van der Waals surface area (Å²) in [5.74, 6) is -0.171. The van der Waals surface area contributed by atoms with E-state index < -0.39 is 11.9 Å². The number of aryl methyl sites for hydroxylation is 1. The first-order valence-electron chi connectivity index (χ1n) is 6.30. The first kappa shape index (κ1) is 13.1. The van der Waals surface area contributed by atoms with Crippen molar-refractivity contribution in [2.75, 3.05) is 0 Å². The molecule has 0 aliphatic carbocycles. The van der Waals surface area contributed by atoms with Crippen LogP contribution in [-0.4, -0.2) is 5.78 Å². The molecule has 20 heavy (non-hydrogen) atoms. The van der Waals surface area contributed by atoms with Gasteiger partial charge in [-0.15, -0.1) is 0 Å². The first-order chi connectivity index (χ1) is 9.54. The van der Waals surface area contributed by atoms with E-state index in [-0.39, 0.29) is 12.2 Å². The Balaban J connectivity index is 1.98. The van der Waals surface area contributed by atoms with E-state index in [2.05, 4.69) is 0 Å². The fourth-order valence-electron chi connectivity index (χ4n) is 2.29. The van der Waals surface area contributed by atoms with Crippen molar-refractivity contribution in [1.29, 1.82) is 0 Å². The molecule has 1 aliphatic rings. The van der Waals surface area contributed by atoms with Crippen LogP contribution in [0.5, 0.6) is 5.75 Å².